The third kappa shape index (κ3) is 3.97. The van der Waals surface area contributed by atoms with Crippen molar-refractivity contribution in [2.45, 2.75) is 0 Å². The summed E-state index contributed by atoms with van der Waals surface area (Å²) in [6.45, 7) is 0. The van der Waals surface area contributed by atoms with Crippen LogP contribution in [-0.2, 0) is 17.1 Å². The van der Waals surface area contributed by atoms with Crippen LogP contribution in [0.25, 0.3) is 0 Å². The number of hydrogen-bond acceptors (Lipinski definition) is 1. The van der Waals surface area contributed by atoms with Crippen molar-refractivity contribution in [3.8, 4) is 0 Å². The molecule has 0 saturated heterocycles. The Hall–Kier alpha value is -0.571. The van der Waals surface area contributed by atoms with Crippen molar-refractivity contribution in [3.63, 3.8) is 0 Å². The molecule has 2 N–H and O–H groups in total. The Balaban J connectivity index is 0. The monoisotopic (exact) mass is 168 g/mol. The number of rotatable bonds is 0. The standard InChI is InChI=1S/C5H5NO.Fe.H2O/c7-5-1-3-6-4-2-5;;/h1-4H,(H,6,7);;1H2/p-1. The summed E-state index contributed by atoms with van der Waals surface area (Å²) < 4.78 is 0. The number of aromatic nitrogens is 1. The molecule has 0 saturated carbocycles. The Kier molecular flexibility index (Phi) is 6.96. The average molecular weight is 168 g/mol. The molecule has 1 aromatic rings. The van der Waals surface area contributed by atoms with Gasteiger partial charge < -0.3 is 10.5 Å². The van der Waals surface area contributed by atoms with Crippen molar-refractivity contribution in [2.75, 3.05) is 0 Å². The van der Waals surface area contributed by atoms with E-state index in [1.807, 2.05) is 0 Å². The topological polar surface area (TPSA) is 62.7 Å². The van der Waals surface area contributed by atoms with Gasteiger partial charge in [0.25, 0.3) is 0 Å². The first-order chi connectivity index (χ1) is 3.39. The van der Waals surface area contributed by atoms with E-state index in [0.29, 0.717) is 0 Å². The minimum atomic E-state index is 0. The van der Waals surface area contributed by atoms with E-state index >= 15 is 0 Å². The van der Waals surface area contributed by atoms with E-state index in [-0.39, 0.29) is 28.0 Å². The molecular formula is C5H6FeNO2-. The van der Waals surface area contributed by atoms with Crippen LogP contribution in [0.1, 0.15) is 0 Å². The molecule has 0 bridgehead atoms. The molecule has 0 atom stereocenters. The fourth-order valence-corrected chi connectivity index (χ4v) is 0.338. The molecular weight excluding hydrogens is 162 g/mol. The summed E-state index contributed by atoms with van der Waals surface area (Å²) >= 11 is 0. The number of nitrogens with zero attached hydrogens (tertiary/aromatic N) is 1. The van der Waals surface area contributed by atoms with Gasteiger partial charge in [-0.1, -0.05) is 0 Å². The van der Waals surface area contributed by atoms with Crippen molar-refractivity contribution in [2.24, 2.45) is 0 Å². The van der Waals surface area contributed by atoms with E-state index in [1.165, 1.54) is 24.5 Å². The van der Waals surface area contributed by atoms with E-state index < -0.39 is 0 Å². The molecule has 0 aliphatic heterocycles. The van der Waals surface area contributed by atoms with E-state index in [4.69, 9.17) is 0 Å². The van der Waals surface area contributed by atoms with Gasteiger partial charge in [-0.2, -0.15) is 12.4 Å². The van der Waals surface area contributed by atoms with Crippen molar-refractivity contribution in [1.29, 1.82) is 0 Å². The fraction of sp³-hybridized carbons (Fsp3) is 0. The minimum Gasteiger partial charge on any atom is -0.670 e. The van der Waals surface area contributed by atoms with Crippen LogP contribution >= 0.6 is 0 Å². The SMILES string of the molecule is O.O=c1cc[n-]cc1.[Fe]. The fourth-order valence-electron chi connectivity index (χ4n) is 0.338. The van der Waals surface area contributed by atoms with E-state index in [1.54, 1.807) is 0 Å². The smallest absolute Gasteiger partial charge is 0.175 e. The molecule has 3 nitrogen and oxygen atoms in total. The predicted molar refractivity (Wildman–Crippen MR) is 29.6 cm³/mol. The molecule has 0 unspecified atom stereocenters. The summed E-state index contributed by atoms with van der Waals surface area (Å²) in [5.74, 6) is 0. The molecule has 52 valence electrons. The Bertz CT molecular complexity index is 181. The molecule has 4 heteroatoms. The van der Waals surface area contributed by atoms with Gasteiger partial charge in [-0.15, -0.1) is 0 Å². The van der Waals surface area contributed by atoms with Crippen molar-refractivity contribution in [3.05, 3.63) is 34.7 Å². The van der Waals surface area contributed by atoms with Crippen LogP contribution in [0.5, 0.6) is 0 Å². The third-order valence-corrected chi connectivity index (χ3v) is 0.650. The zero-order valence-corrected chi connectivity index (χ0v) is 5.62. The Morgan fingerprint density at radius 3 is 1.89 bits per heavy atom. The zero-order valence-electron chi connectivity index (χ0n) is 4.52. The van der Waals surface area contributed by atoms with Crippen molar-refractivity contribution in [1.82, 2.24) is 4.98 Å². The summed E-state index contributed by atoms with van der Waals surface area (Å²) in [5, 5.41) is 0. The molecule has 1 rings (SSSR count). The molecule has 0 fully saturated rings. The van der Waals surface area contributed by atoms with Crippen LogP contribution in [0.3, 0.4) is 0 Å². The third-order valence-electron chi connectivity index (χ3n) is 0.650. The van der Waals surface area contributed by atoms with E-state index in [9.17, 15) is 4.79 Å². The average Bonchev–Trinajstić information content (AvgIpc) is 1.69. The second-order valence-electron chi connectivity index (χ2n) is 1.18. The molecule has 0 aliphatic carbocycles. The number of hydrogen-bond donors (Lipinski definition) is 0. The molecule has 0 radical (unpaired) electrons. The van der Waals surface area contributed by atoms with Gasteiger partial charge in [-0.05, 0) is 12.1 Å². The van der Waals surface area contributed by atoms with Crippen LogP contribution in [0, 0.1) is 0 Å². The molecule has 0 aliphatic rings. The van der Waals surface area contributed by atoms with Gasteiger partial charge in [0.05, 0.1) is 0 Å². The van der Waals surface area contributed by atoms with Crippen molar-refractivity contribution >= 4 is 0 Å². The summed E-state index contributed by atoms with van der Waals surface area (Å²) in [6.07, 6.45) is 2.95. The quantitative estimate of drug-likeness (QED) is 0.475. The molecule has 1 heterocycles. The van der Waals surface area contributed by atoms with Gasteiger partial charge in [0.15, 0.2) is 5.43 Å². The van der Waals surface area contributed by atoms with E-state index in [0.717, 1.165) is 0 Å². The van der Waals surface area contributed by atoms with Crippen molar-refractivity contribution < 1.29 is 22.5 Å². The van der Waals surface area contributed by atoms with Crippen LogP contribution in [0.15, 0.2) is 29.3 Å². The first-order valence-electron chi connectivity index (χ1n) is 1.96. The maximum Gasteiger partial charge on any atom is 0.175 e. The first kappa shape index (κ1) is 11.3. The van der Waals surface area contributed by atoms with Gasteiger partial charge in [-0.3, -0.25) is 4.79 Å². The predicted octanol–water partition coefficient (Wildman–Crippen LogP) is -0.823. The van der Waals surface area contributed by atoms with Gasteiger partial charge >= 0.3 is 0 Å². The summed E-state index contributed by atoms with van der Waals surface area (Å²) in [7, 11) is 0. The molecule has 0 amide bonds. The van der Waals surface area contributed by atoms with Gasteiger partial charge in [0, 0.05) is 17.1 Å². The zero-order chi connectivity index (χ0) is 5.11. The summed E-state index contributed by atoms with van der Waals surface area (Å²) in [6, 6.07) is 2.83. The minimum absolute atomic E-state index is 0. The largest absolute Gasteiger partial charge is 0.670 e. The van der Waals surface area contributed by atoms with Gasteiger partial charge in [-0.25, -0.2) is 0 Å². The summed E-state index contributed by atoms with van der Waals surface area (Å²) in [4.78, 5) is 13.9. The molecule has 0 aromatic carbocycles. The second-order valence-corrected chi connectivity index (χ2v) is 1.18. The number of pyridine rings is 1. The first-order valence-corrected chi connectivity index (χ1v) is 1.96. The second kappa shape index (κ2) is 5.56. The van der Waals surface area contributed by atoms with Crippen LogP contribution < -0.4 is 10.4 Å². The maximum absolute atomic E-state index is 10.2. The Morgan fingerprint density at radius 2 is 1.67 bits per heavy atom. The molecule has 1 aromatic heterocycles. The van der Waals surface area contributed by atoms with Crippen LogP contribution in [-0.4, -0.2) is 5.48 Å². The van der Waals surface area contributed by atoms with Crippen LogP contribution in [0.4, 0.5) is 0 Å². The van der Waals surface area contributed by atoms with Crippen LogP contribution in [0.2, 0.25) is 0 Å². The Labute approximate surface area is 62.9 Å². The maximum atomic E-state index is 10.2. The Morgan fingerprint density at radius 1 is 1.22 bits per heavy atom. The normalized spacial score (nSPS) is 6.67. The van der Waals surface area contributed by atoms with E-state index in [2.05, 4.69) is 4.98 Å². The summed E-state index contributed by atoms with van der Waals surface area (Å²) in [5.41, 5.74) is 0.00926. The van der Waals surface area contributed by atoms with Gasteiger partial charge in [0.2, 0.25) is 0 Å². The molecule has 9 heavy (non-hydrogen) atoms. The molecule has 0 spiro atoms. The van der Waals surface area contributed by atoms with Gasteiger partial charge in [0.1, 0.15) is 0 Å².